The number of sulfonamides is 1. The van der Waals surface area contributed by atoms with Crippen LogP contribution in [0.3, 0.4) is 0 Å². The summed E-state index contributed by atoms with van der Waals surface area (Å²) in [6.07, 6.45) is 4.92. The van der Waals surface area contributed by atoms with Crippen LogP contribution in [0.15, 0.2) is 4.99 Å². The van der Waals surface area contributed by atoms with Gasteiger partial charge in [-0.05, 0) is 18.3 Å². The Morgan fingerprint density at radius 1 is 1.37 bits per heavy atom. The van der Waals surface area contributed by atoms with Crippen LogP contribution in [0.2, 0.25) is 0 Å². The summed E-state index contributed by atoms with van der Waals surface area (Å²) in [6, 6.07) is 0.541. The maximum Gasteiger partial charge on any atom is 0.232 e. The lowest BCUT2D eigenvalue weighted by Gasteiger charge is -2.42. The molecule has 0 aromatic rings. The Kier molecular flexibility index (Phi) is 4.35. The maximum absolute atomic E-state index is 11.1. The molecule has 0 aromatic carbocycles. The maximum atomic E-state index is 11.1. The van der Waals surface area contributed by atoms with Crippen molar-refractivity contribution in [2.24, 2.45) is 16.8 Å². The molecule has 1 saturated carbocycles. The van der Waals surface area contributed by atoms with Crippen LogP contribution in [-0.2, 0) is 10.0 Å². The zero-order valence-electron chi connectivity index (χ0n) is 11.9. The fraction of sp³-hybridized carbons (Fsp3) is 0.917. The average Bonchev–Trinajstić information content (AvgIpc) is 2.32. The van der Waals surface area contributed by atoms with Crippen molar-refractivity contribution in [1.82, 2.24) is 14.9 Å². The predicted octanol–water partition coefficient (Wildman–Crippen LogP) is 0.537. The van der Waals surface area contributed by atoms with Crippen LogP contribution in [0.1, 0.15) is 33.1 Å². The van der Waals surface area contributed by atoms with E-state index in [4.69, 9.17) is 0 Å². The van der Waals surface area contributed by atoms with Gasteiger partial charge >= 0.3 is 0 Å². The summed E-state index contributed by atoms with van der Waals surface area (Å²) >= 11 is 0. The molecule has 0 bridgehead atoms. The van der Waals surface area contributed by atoms with Gasteiger partial charge in [-0.15, -0.1) is 0 Å². The van der Waals surface area contributed by atoms with Gasteiger partial charge in [0.2, 0.25) is 16.0 Å². The van der Waals surface area contributed by atoms with E-state index < -0.39 is 10.0 Å². The lowest BCUT2D eigenvalue weighted by Crippen LogP contribution is -2.55. The molecule has 2 aliphatic rings. The first-order valence-electron chi connectivity index (χ1n) is 6.87. The van der Waals surface area contributed by atoms with Crippen molar-refractivity contribution in [2.75, 3.05) is 19.6 Å². The van der Waals surface area contributed by atoms with Crippen molar-refractivity contribution in [3.63, 3.8) is 0 Å². The number of rotatable bonds is 2. The lowest BCUT2D eigenvalue weighted by molar-refractivity contribution is 0.0768. The Balaban J connectivity index is 1.95. The molecule has 1 fully saturated rings. The van der Waals surface area contributed by atoms with Crippen LogP contribution >= 0.6 is 0 Å². The molecular weight excluding hydrogens is 264 g/mol. The lowest BCUT2D eigenvalue weighted by atomic mass is 9.77. The summed E-state index contributed by atoms with van der Waals surface area (Å²) in [6.45, 7) is 5.84. The first-order chi connectivity index (χ1) is 8.87. The van der Waals surface area contributed by atoms with E-state index in [1.165, 1.54) is 19.3 Å². The molecule has 2 rings (SSSR count). The van der Waals surface area contributed by atoms with Gasteiger partial charge in [0.05, 0.1) is 19.6 Å². The molecule has 6 nitrogen and oxygen atoms in total. The largest absolute Gasteiger partial charge is 0.343 e. The van der Waals surface area contributed by atoms with Crippen LogP contribution in [0, 0.1) is 11.8 Å². The van der Waals surface area contributed by atoms with E-state index >= 15 is 0 Å². The second kappa shape index (κ2) is 5.66. The van der Waals surface area contributed by atoms with Crippen LogP contribution in [0.25, 0.3) is 0 Å². The van der Waals surface area contributed by atoms with Crippen molar-refractivity contribution in [3.8, 4) is 0 Å². The molecule has 1 aliphatic carbocycles. The Labute approximate surface area is 115 Å². The third kappa shape index (κ3) is 3.82. The second-order valence-corrected chi connectivity index (χ2v) is 7.53. The summed E-state index contributed by atoms with van der Waals surface area (Å²) in [4.78, 5) is 6.57. The van der Waals surface area contributed by atoms with Crippen LogP contribution in [0.5, 0.6) is 0 Å². The molecule has 3 atom stereocenters. The van der Waals surface area contributed by atoms with Crippen molar-refractivity contribution in [2.45, 2.75) is 39.2 Å². The quantitative estimate of drug-likeness (QED) is 0.777. The van der Waals surface area contributed by atoms with Gasteiger partial charge in [-0.25, -0.2) is 13.4 Å². The normalized spacial score (nSPS) is 33.4. The molecule has 0 radical (unpaired) electrons. The van der Waals surface area contributed by atoms with Crippen molar-refractivity contribution < 1.29 is 8.42 Å². The van der Waals surface area contributed by atoms with E-state index in [1.807, 2.05) is 0 Å². The van der Waals surface area contributed by atoms with Gasteiger partial charge in [-0.2, -0.15) is 0 Å². The minimum absolute atomic E-state index is 0.357. The van der Waals surface area contributed by atoms with Crippen LogP contribution < -0.4 is 10.0 Å². The van der Waals surface area contributed by atoms with Gasteiger partial charge in [0.25, 0.3) is 0 Å². The van der Waals surface area contributed by atoms with E-state index in [2.05, 4.69) is 33.8 Å². The van der Waals surface area contributed by atoms with Gasteiger partial charge in [0, 0.05) is 6.04 Å². The Bertz CT molecular complexity index is 449. The van der Waals surface area contributed by atoms with Gasteiger partial charge in [-0.1, -0.05) is 26.7 Å². The molecule has 110 valence electrons. The smallest absolute Gasteiger partial charge is 0.232 e. The highest BCUT2D eigenvalue weighted by Gasteiger charge is 2.32. The SMILES string of the molecule is C[C@H]1[C@H](C)CCC[C@H]1N1CN=C(NS(C)(=O)=O)NC1. The monoisotopic (exact) mass is 288 g/mol. The van der Waals surface area contributed by atoms with Gasteiger partial charge in [0.1, 0.15) is 0 Å². The zero-order valence-corrected chi connectivity index (χ0v) is 12.7. The van der Waals surface area contributed by atoms with Crippen molar-refractivity contribution in [1.29, 1.82) is 0 Å². The van der Waals surface area contributed by atoms with Gasteiger partial charge in [-0.3, -0.25) is 9.62 Å². The summed E-state index contributed by atoms with van der Waals surface area (Å²) in [5.74, 6) is 1.77. The number of aliphatic imine (C=N–C) groups is 1. The van der Waals surface area contributed by atoms with E-state index in [1.54, 1.807) is 0 Å². The Hall–Kier alpha value is -0.820. The predicted molar refractivity (Wildman–Crippen MR) is 76.1 cm³/mol. The van der Waals surface area contributed by atoms with Gasteiger partial charge < -0.3 is 5.32 Å². The molecule has 0 unspecified atom stereocenters. The number of nitrogens with one attached hydrogen (secondary N) is 2. The van der Waals surface area contributed by atoms with E-state index in [-0.39, 0.29) is 0 Å². The second-order valence-electron chi connectivity index (χ2n) is 5.78. The zero-order chi connectivity index (χ0) is 14.0. The van der Waals surface area contributed by atoms with Gasteiger partial charge in [0.15, 0.2) is 0 Å². The molecule has 2 N–H and O–H groups in total. The highest BCUT2D eigenvalue weighted by atomic mass is 32.2. The summed E-state index contributed by atoms with van der Waals surface area (Å²) in [5.41, 5.74) is 0. The van der Waals surface area contributed by atoms with Crippen molar-refractivity contribution >= 4 is 16.0 Å². The summed E-state index contributed by atoms with van der Waals surface area (Å²) < 4.78 is 24.7. The number of hydrogen-bond donors (Lipinski definition) is 2. The van der Waals surface area contributed by atoms with E-state index in [9.17, 15) is 8.42 Å². The fourth-order valence-corrected chi connectivity index (χ4v) is 3.47. The fourth-order valence-electron chi connectivity index (χ4n) is 2.98. The molecule has 1 aliphatic heterocycles. The number of hydrogen-bond acceptors (Lipinski definition) is 5. The number of guanidine groups is 1. The third-order valence-corrected chi connectivity index (χ3v) is 4.84. The van der Waals surface area contributed by atoms with E-state index in [0.717, 1.165) is 12.2 Å². The van der Waals surface area contributed by atoms with Crippen LogP contribution in [0.4, 0.5) is 0 Å². The van der Waals surface area contributed by atoms with Crippen LogP contribution in [-0.4, -0.2) is 44.9 Å². The Morgan fingerprint density at radius 2 is 2.11 bits per heavy atom. The molecule has 7 heteroatoms. The molecule has 0 amide bonds. The molecular formula is C12H24N4O2S. The van der Waals surface area contributed by atoms with Crippen molar-refractivity contribution in [3.05, 3.63) is 0 Å². The minimum Gasteiger partial charge on any atom is -0.343 e. The minimum atomic E-state index is -3.25. The molecule has 1 heterocycles. The molecule has 0 spiro atoms. The summed E-state index contributed by atoms with van der Waals surface area (Å²) in [7, 11) is -3.25. The first kappa shape index (κ1) is 14.6. The molecule has 0 saturated heterocycles. The van der Waals surface area contributed by atoms with E-state index in [0.29, 0.717) is 31.3 Å². The third-order valence-electron chi connectivity index (χ3n) is 4.28. The molecule has 0 aromatic heterocycles. The number of nitrogens with zero attached hydrogens (tertiary/aromatic N) is 2. The average molecular weight is 288 g/mol. The highest BCUT2D eigenvalue weighted by molar-refractivity contribution is 7.89. The first-order valence-corrected chi connectivity index (χ1v) is 8.76. The standard InChI is InChI=1S/C12H24N4O2S/c1-9-5-4-6-11(10(9)2)16-7-13-12(14-8-16)15-19(3,17)18/h9-11H,4-8H2,1-3H3,(H2,13,14,15)/t9-,10+,11-/m1/s1. The molecule has 19 heavy (non-hydrogen) atoms. The highest BCUT2D eigenvalue weighted by Crippen LogP contribution is 2.32. The summed E-state index contributed by atoms with van der Waals surface area (Å²) in [5, 5.41) is 3.04. The topological polar surface area (TPSA) is 73.8 Å². The Morgan fingerprint density at radius 3 is 2.68 bits per heavy atom.